The highest BCUT2D eigenvalue weighted by Gasteiger charge is 2.52. The van der Waals surface area contributed by atoms with Gasteiger partial charge in [0.05, 0.1) is 0 Å². The molecule has 0 aromatic heterocycles. The third-order valence-electron chi connectivity index (χ3n) is 3.83. The SMILES string of the molecule is Cc1ccc(C(C)(C)C2(N)CC2)c(Cl)c1. The molecular weight excluding hydrogens is 206 g/mol. The van der Waals surface area contributed by atoms with Crippen molar-refractivity contribution in [1.82, 2.24) is 0 Å². The van der Waals surface area contributed by atoms with Crippen LogP contribution in [0.15, 0.2) is 18.2 Å². The summed E-state index contributed by atoms with van der Waals surface area (Å²) in [7, 11) is 0. The normalized spacial score (nSPS) is 19.0. The summed E-state index contributed by atoms with van der Waals surface area (Å²) in [4.78, 5) is 0. The average molecular weight is 224 g/mol. The maximum Gasteiger partial charge on any atom is 0.0446 e. The zero-order valence-electron chi connectivity index (χ0n) is 9.60. The molecule has 1 saturated carbocycles. The molecule has 0 atom stereocenters. The molecule has 2 heteroatoms. The van der Waals surface area contributed by atoms with Gasteiger partial charge in [-0.15, -0.1) is 0 Å². The summed E-state index contributed by atoms with van der Waals surface area (Å²) in [6, 6.07) is 6.24. The molecule has 2 rings (SSSR count). The predicted molar refractivity (Wildman–Crippen MR) is 65.4 cm³/mol. The van der Waals surface area contributed by atoms with Crippen molar-refractivity contribution in [2.24, 2.45) is 5.73 Å². The third kappa shape index (κ3) is 1.68. The molecule has 0 spiro atoms. The van der Waals surface area contributed by atoms with E-state index in [0.717, 1.165) is 17.9 Å². The molecule has 15 heavy (non-hydrogen) atoms. The number of aryl methyl sites for hydroxylation is 1. The van der Waals surface area contributed by atoms with Crippen LogP contribution in [-0.4, -0.2) is 5.54 Å². The highest BCUT2D eigenvalue weighted by atomic mass is 35.5. The quantitative estimate of drug-likeness (QED) is 0.817. The highest BCUT2D eigenvalue weighted by Crippen LogP contribution is 2.50. The Hall–Kier alpha value is -0.530. The van der Waals surface area contributed by atoms with E-state index in [1.165, 1.54) is 11.1 Å². The molecule has 0 aliphatic heterocycles. The van der Waals surface area contributed by atoms with Crippen LogP contribution >= 0.6 is 11.6 Å². The van der Waals surface area contributed by atoms with Gasteiger partial charge in [0.25, 0.3) is 0 Å². The Morgan fingerprint density at radius 2 is 1.93 bits per heavy atom. The van der Waals surface area contributed by atoms with Gasteiger partial charge in [-0.3, -0.25) is 0 Å². The number of hydrogen-bond acceptors (Lipinski definition) is 1. The fraction of sp³-hybridized carbons (Fsp3) is 0.538. The molecule has 0 saturated heterocycles. The van der Waals surface area contributed by atoms with E-state index >= 15 is 0 Å². The molecule has 1 nitrogen and oxygen atoms in total. The summed E-state index contributed by atoms with van der Waals surface area (Å²) in [5, 5.41) is 0.844. The zero-order valence-corrected chi connectivity index (χ0v) is 10.4. The summed E-state index contributed by atoms with van der Waals surface area (Å²) < 4.78 is 0. The molecule has 1 aliphatic carbocycles. The van der Waals surface area contributed by atoms with E-state index in [2.05, 4.69) is 32.9 Å². The molecular formula is C13H18ClN. The van der Waals surface area contributed by atoms with Gasteiger partial charge in [-0.05, 0) is 37.0 Å². The standard InChI is InChI=1S/C13H18ClN/c1-9-4-5-10(11(14)8-9)12(2,3)13(15)6-7-13/h4-5,8H,6-7,15H2,1-3H3. The van der Waals surface area contributed by atoms with E-state index in [1.54, 1.807) is 0 Å². The van der Waals surface area contributed by atoms with Crippen molar-refractivity contribution >= 4 is 11.6 Å². The lowest BCUT2D eigenvalue weighted by atomic mass is 9.76. The van der Waals surface area contributed by atoms with Gasteiger partial charge < -0.3 is 5.73 Å². The lowest BCUT2D eigenvalue weighted by molar-refractivity contribution is 0.391. The summed E-state index contributed by atoms with van der Waals surface area (Å²) in [5.74, 6) is 0. The van der Waals surface area contributed by atoms with Gasteiger partial charge in [0, 0.05) is 16.0 Å². The molecule has 1 fully saturated rings. The van der Waals surface area contributed by atoms with Crippen molar-refractivity contribution < 1.29 is 0 Å². The van der Waals surface area contributed by atoms with Crippen LogP contribution in [-0.2, 0) is 5.41 Å². The lowest BCUT2D eigenvalue weighted by Crippen LogP contribution is -2.43. The van der Waals surface area contributed by atoms with Crippen LogP contribution in [0, 0.1) is 6.92 Å². The summed E-state index contributed by atoms with van der Waals surface area (Å²) >= 11 is 6.29. The Morgan fingerprint density at radius 3 is 2.40 bits per heavy atom. The summed E-state index contributed by atoms with van der Waals surface area (Å²) in [6.45, 7) is 6.44. The Labute approximate surface area is 96.6 Å². The monoisotopic (exact) mass is 223 g/mol. The molecule has 0 unspecified atom stereocenters. The number of hydrogen-bond donors (Lipinski definition) is 1. The first-order valence-corrected chi connectivity index (χ1v) is 5.80. The van der Waals surface area contributed by atoms with Gasteiger partial charge in [0.2, 0.25) is 0 Å². The zero-order chi connectivity index (χ0) is 11.3. The van der Waals surface area contributed by atoms with Crippen molar-refractivity contribution in [3.63, 3.8) is 0 Å². The lowest BCUT2D eigenvalue weighted by Gasteiger charge is -2.33. The second-order valence-corrected chi connectivity index (χ2v) is 5.67. The van der Waals surface area contributed by atoms with Crippen molar-refractivity contribution in [1.29, 1.82) is 0 Å². The van der Waals surface area contributed by atoms with Gasteiger partial charge in [-0.25, -0.2) is 0 Å². The second kappa shape index (κ2) is 3.23. The van der Waals surface area contributed by atoms with Crippen LogP contribution in [0.25, 0.3) is 0 Å². The first kappa shape index (κ1) is 11.0. The van der Waals surface area contributed by atoms with Gasteiger partial charge in [-0.1, -0.05) is 37.6 Å². The maximum absolute atomic E-state index is 6.30. The van der Waals surface area contributed by atoms with E-state index in [0.29, 0.717) is 0 Å². The van der Waals surface area contributed by atoms with Gasteiger partial charge in [0.1, 0.15) is 0 Å². The molecule has 0 amide bonds. The Bertz CT molecular complexity index is 392. The Balaban J connectivity index is 2.45. The topological polar surface area (TPSA) is 26.0 Å². The van der Waals surface area contributed by atoms with E-state index in [9.17, 15) is 0 Å². The number of rotatable bonds is 2. The molecule has 0 bridgehead atoms. The fourth-order valence-corrected chi connectivity index (χ4v) is 2.63. The Kier molecular flexibility index (Phi) is 2.36. The van der Waals surface area contributed by atoms with E-state index < -0.39 is 0 Å². The van der Waals surface area contributed by atoms with Crippen LogP contribution in [0.2, 0.25) is 5.02 Å². The van der Waals surface area contributed by atoms with Crippen molar-refractivity contribution in [2.45, 2.75) is 44.6 Å². The largest absolute Gasteiger partial charge is 0.324 e. The van der Waals surface area contributed by atoms with Crippen LogP contribution in [0.1, 0.15) is 37.8 Å². The molecule has 0 radical (unpaired) electrons. The minimum Gasteiger partial charge on any atom is -0.324 e. The first-order chi connectivity index (χ1) is 6.87. The summed E-state index contributed by atoms with van der Waals surface area (Å²) in [5.41, 5.74) is 8.60. The van der Waals surface area contributed by atoms with E-state index in [4.69, 9.17) is 17.3 Å². The fourth-order valence-electron chi connectivity index (χ4n) is 2.15. The van der Waals surface area contributed by atoms with Crippen LogP contribution < -0.4 is 5.73 Å². The Morgan fingerprint density at radius 1 is 1.33 bits per heavy atom. The van der Waals surface area contributed by atoms with E-state index in [-0.39, 0.29) is 11.0 Å². The smallest absolute Gasteiger partial charge is 0.0446 e. The first-order valence-electron chi connectivity index (χ1n) is 5.42. The number of halogens is 1. The average Bonchev–Trinajstić information content (AvgIpc) is 2.84. The highest BCUT2D eigenvalue weighted by molar-refractivity contribution is 6.31. The van der Waals surface area contributed by atoms with Crippen LogP contribution in [0.5, 0.6) is 0 Å². The van der Waals surface area contributed by atoms with Crippen LogP contribution in [0.3, 0.4) is 0 Å². The molecule has 2 N–H and O–H groups in total. The summed E-state index contributed by atoms with van der Waals surface area (Å²) in [6.07, 6.45) is 2.20. The van der Waals surface area contributed by atoms with Crippen molar-refractivity contribution in [3.05, 3.63) is 34.3 Å². The third-order valence-corrected chi connectivity index (χ3v) is 4.14. The minimum absolute atomic E-state index is 0.0300. The number of nitrogens with two attached hydrogens (primary N) is 1. The molecule has 0 heterocycles. The predicted octanol–water partition coefficient (Wildman–Crippen LogP) is 3.42. The molecule has 82 valence electrons. The minimum atomic E-state index is -0.0497. The molecule has 1 aliphatic rings. The van der Waals surface area contributed by atoms with Crippen molar-refractivity contribution in [3.8, 4) is 0 Å². The second-order valence-electron chi connectivity index (χ2n) is 5.26. The van der Waals surface area contributed by atoms with Gasteiger partial charge in [-0.2, -0.15) is 0 Å². The maximum atomic E-state index is 6.30. The van der Waals surface area contributed by atoms with Gasteiger partial charge in [0.15, 0.2) is 0 Å². The molecule has 1 aromatic carbocycles. The molecule has 1 aromatic rings. The van der Waals surface area contributed by atoms with Crippen molar-refractivity contribution in [2.75, 3.05) is 0 Å². The van der Waals surface area contributed by atoms with E-state index in [1.807, 2.05) is 6.07 Å². The van der Waals surface area contributed by atoms with Crippen LogP contribution in [0.4, 0.5) is 0 Å². The number of benzene rings is 1. The van der Waals surface area contributed by atoms with Gasteiger partial charge >= 0.3 is 0 Å².